The van der Waals surface area contributed by atoms with Gasteiger partial charge in [0.15, 0.2) is 23.0 Å². The first-order valence-corrected chi connectivity index (χ1v) is 52.4. The van der Waals surface area contributed by atoms with E-state index in [4.69, 9.17) is 85.4 Å². The molecule has 8 aromatic rings. The molecule has 6 aromatic carbocycles. The number of allylic oxidation sites excluding steroid dienone is 6. The second-order valence-electron chi connectivity index (χ2n) is 32.1. The van der Waals surface area contributed by atoms with Crippen LogP contribution < -0.4 is 38.2 Å². The Bertz CT molecular complexity index is 5220. The fraction of sp³-hybridized carbons (Fsp3) is 0.385. The second-order valence-corrected chi connectivity index (χ2v) is 40.4. The number of pyridine rings is 2. The summed E-state index contributed by atoms with van der Waals surface area (Å²) < 4.78 is 42.8. The molecule has 0 saturated carbocycles. The summed E-state index contributed by atoms with van der Waals surface area (Å²) in [5.74, 6) is -1.86. The Hall–Kier alpha value is -10.0. The van der Waals surface area contributed by atoms with Crippen molar-refractivity contribution in [2.24, 2.45) is 0 Å². The van der Waals surface area contributed by atoms with Crippen molar-refractivity contribution in [2.75, 3.05) is 78.0 Å². The van der Waals surface area contributed by atoms with E-state index in [0.717, 1.165) is 113 Å². The van der Waals surface area contributed by atoms with Crippen molar-refractivity contribution in [3.8, 4) is 34.5 Å². The molecule has 3 aliphatic heterocycles. The van der Waals surface area contributed by atoms with Gasteiger partial charge in [0.25, 0.3) is 23.6 Å². The SMILES string of the molecule is Brc1cccnc1.Brc1cccnc1.COC=CCCCCCCC(C)=O.COc1c(OC)c2c(c(OC)c1C(=O)ON1C(=O)CCC1=O)C(C=CCCCCCCC(C)=O)CC2C=Cc1ccccc1.COc1c(OC)c2c(c(OC)c1C(=O)ON1C(=O)CCC1=O)C1C=CC2C1.Cc1cc(C)c(N2[CH-]N(c3c(C)cc(C)cc3C)CC2)c(C)c1.ClCCl.[Cl][Ru]([Cl])=[CH]c1ccccc1. The van der Waals surface area contributed by atoms with Crippen LogP contribution in [0.25, 0.3) is 6.08 Å². The van der Waals surface area contributed by atoms with Gasteiger partial charge in [-0.25, -0.2) is 9.59 Å². The fourth-order valence-electron chi connectivity index (χ4n) is 16.6. The van der Waals surface area contributed by atoms with Gasteiger partial charge in [-0.2, -0.15) is 6.67 Å². The molecule has 6 aliphatic rings. The first-order chi connectivity index (χ1) is 64.4. The molecule has 14 rings (SSSR count). The Morgan fingerprint density at radius 2 is 0.843 bits per heavy atom. The van der Waals surface area contributed by atoms with Gasteiger partial charge in [-0.3, -0.25) is 29.1 Å². The Balaban J connectivity index is 0.000000233. The summed E-state index contributed by atoms with van der Waals surface area (Å²) in [6.45, 7) is 20.8. The van der Waals surface area contributed by atoms with Crippen molar-refractivity contribution >= 4 is 144 Å². The fourth-order valence-corrected chi connectivity index (χ4v) is 19.0. The number of alkyl halides is 2. The first-order valence-electron chi connectivity index (χ1n) is 44.2. The zero-order chi connectivity index (χ0) is 97.9. The molecule has 3 aliphatic carbocycles. The van der Waals surface area contributed by atoms with Gasteiger partial charge in [0.2, 0.25) is 0 Å². The van der Waals surface area contributed by atoms with Crippen LogP contribution in [0, 0.1) is 48.2 Å². The molecule has 2 aromatic heterocycles. The summed E-state index contributed by atoms with van der Waals surface area (Å²) in [4.78, 5) is 119. The number of nitrogens with zero attached hydrogens (tertiary/aromatic N) is 6. The number of unbranched alkanes of at least 4 members (excludes halogenated alkanes) is 8. The van der Waals surface area contributed by atoms with Crippen LogP contribution in [0.5, 0.6) is 34.5 Å². The molecule has 3 fully saturated rings. The molecule has 2 bridgehead atoms. The minimum absolute atomic E-state index is 0.00375. The van der Waals surface area contributed by atoms with E-state index >= 15 is 0 Å². The van der Waals surface area contributed by atoms with Crippen molar-refractivity contribution in [3.05, 3.63) is 270 Å². The van der Waals surface area contributed by atoms with Crippen LogP contribution in [0.2, 0.25) is 0 Å². The third-order valence-electron chi connectivity index (χ3n) is 22.1. The van der Waals surface area contributed by atoms with Gasteiger partial charge >= 0.3 is 85.3 Å². The van der Waals surface area contributed by atoms with E-state index in [2.05, 4.69) is 161 Å². The van der Waals surface area contributed by atoms with Crippen molar-refractivity contribution in [1.82, 2.24) is 20.1 Å². The van der Waals surface area contributed by atoms with Crippen LogP contribution in [-0.4, -0.2) is 140 Å². The van der Waals surface area contributed by atoms with E-state index in [9.17, 15) is 38.4 Å². The van der Waals surface area contributed by atoms with Crippen LogP contribution in [0.1, 0.15) is 241 Å². The minimum atomic E-state index is -1.61. The van der Waals surface area contributed by atoms with Crippen LogP contribution >= 0.6 is 74.4 Å². The Morgan fingerprint density at radius 3 is 1.22 bits per heavy atom. The van der Waals surface area contributed by atoms with Crippen molar-refractivity contribution in [2.45, 2.75) is 195 Å². The van der Waals surface area contributed by atoms with Crippen LogP contribution in [-0.2, 0) is 56.7 Å². The number of hydrogen-bond donors (Lipinski definition) is 0. The number of aryl methyl sites for hydroxylation is 6. The van der Waals surface area contributed by atoms with Gasteiger partial charge in [0.05, 0.1) is 61.4 Å². The zero-order valence-corrected chi connectivity index (χ0v) is 86.8. The van der Waals surface area contributed by atoms with Crippen molar-refractivity contribution in [3.63, 3.8) is 0 Å². The monoisotopic (exact) mass is 2130 g/mol. The molecule has 3 saturated heterocycles. The summed E-state index contributed by atoms with van der Waals surface area (Å²) in [5.41, 5.74) is 16.4. The average Bonchev–Trinajstić information content (AvgIpc) is 1.57. The molecule has 30 heteroatoms. The molecule has 134 heavy (non-hydrogen) atoms. The number of carbonyl (C=O) groups excluding carboxylic acids is 8. The first kappa shape index (κ1) is 111. The number of imide groups is 2. The average molecular weight is 2130 g/mol. The number of rotatable bonds is 31. The number of methoxy groups -OCH3 is 7. The van der Waals surface area contributed by atoms with Gasteiger partial charge < -0.3 is 62.2 Å². The molecule has 4 amide bonds. The molecular formula is C104H123Br2Cl4N6O17Ru-. The number of ketones is 2. The number of carbonyl (C=O) groups is 8. The normalized spacial score (nSPS) is 15.8. The Labute approximate surface area is 829 Å². The number of aromatic nitrogens is 2. The number of ether oxygens (including phenoxy) is 7. The summed E-state index contributed by atoms with van der Waals surface area (Å²) in [5, 5.41) is 1.22. The predicted octanol–water partition coefficient (Wildman–Crippen LogP) is 24.7. The van der Waals surface area contributed by atoms with Gasteiger partial charge in [-0.15, -0.1) is 33.3 Å². The molecule has 0 radical (unpaired) electrons. The molecule has 4 atom stereocenters. The second kappa shape index (κ2) is 58.4. The number of anilines is 2. The molecule has 4 unspecified atom stereocenters. The number of halogens is 6. The van der Waals surface area contributed by atoms with Gasteiger partial charge in [0.1, 0.15) is 34.2 Å². The number of fused-ring (bicyclic) bond motifs is 6. The van der Waals surface area contributed by atoms with Gasteiger partial charge in [-0.1, -0.05) is 128 Å². The summed E-state index contributed by atoms with van der Waals surface area (Å²) in [6.07, 6.45) is 36.9. The topological polar surface area (TPSA) is 258 Å². The van der Waals surface area contributed by atoms with E-state index in [1.165, 1.54) is 107 Å². The standard InChI is InChI=1S/C35H41NO8.C21H27N2.C19H19NO7.C11H20O2.C7H6.2C5H4BrN.CH2Cl2.2ClH.Ru/c1-23(37)14-10-7-5-6-8-13-17-25-22-26(19-18-24-15-11-9-12-16-24)30-29(25)32(41-2)31(34(43-4)33(30)42-3)35(40)44-36-27(38)20-21-28(36)39;1-14-9-16(3)20(17(4)10-14)22-7-8-23(13-22)21-18(5)11-15(2)12-19(21)6;1-24-16-13-9-4-5-10(8-9)14(13)17(25-2)18(26-3)15(16)19(23)27-20-11(21)6-7-12(20)22;1-11(12)9-7-5-3-4-6-8-10-13-2;1-7-5-3-2-4-6-7;2*6-5-2-1-3-7-4-5;2-1-3;;;/h9,11-13,15-19,25-26H,5-8,10,14,20-22H2,1-4H3;9-13H,7-8H2,1-6H3;4-5,9-10H,6-8H2,1-3H3;8,10H,3-7,9H2,1-2H3;1-6H;2*1-4H;1H2;2*1H;/q;-1;;;;;;;;;+2/p-2. The van der Waals surface area contributed by atoms with Gasteiger partial charge in [0, 0.05) is 143 Å². The van der Waals surface area contributed by atoms with E-state index in [1.54, 1.807) is 52.0 Å². The number of Topliss-reactive ketones (excluding diaryl/α,β-unsaturated/α-hetero) is 2. The van der Waals surface area contributed by atoms with Gasteiger partial charge in [-0.05, 0) is 197 Å². The van der Waals surface area contributed by atoms with Crippen molar-refractivity contribution < 1.29 is 94.7 Å². The Morgan fingerprint density at radius 1 is 0.470 bits per heavy atom. The maximum atomic E-state index is 13.6. The Kier molecular flexibility index (Phi) is 48.4. The summed E-state index contributed by atoms with van der Waals surface area (Å²) >= 11 is 14.4. The molecule has 722 valence electrons. The number of benzene rings is 6. The molecule has 23 nitrogen and oxygen atoms in total. The third kappa shape index (κ3) is 33.2. The van der Waals surface area contributed by atoms with E-state index < -0.39 is 49.1 Å². The molecule has 0 N–H and O–H groups in total. The van der Waals surface area contributed by atoms with Crippen LogP contribution in [0.3, 0.4) is 0 Å². The van der Waals surface area contributed by atoms with E-state index in [0.29, 0.717) is 46.0 Å². The number of hydrogen-bond acceptors (Lipinski definition) is 21. The summed E-state index contributed by atoms with van der Waals surface area (Å²) in [6, 6.07) is 36.6. The van der Waals surface area contributed by atoms with E-state index in [1.807, 2.05) is 95.6 Å². The van der Waals surface area contributed by atoms with Crippen molar-refractivity contribution in [1.29, 1.82) is 0 Å². The summed E-state index contributed by atoms with van der Waals surface area (Å²) in [7, 11) is 21.8. The third-order valence-corrected chi connectivity index (χ3v) is 24.9. The number of hydroxylamine groups is 4. The predicted molar refractivity (Wildman–Crippen MR) is 536 cm³/mol. The molecule has 5 heterocycles. The molecular weight excluding hydrogens is 2010 g/mol. The number of amides is 4. The molecule has 0 spiro atoms. The maximum absolute atomic E-state index is 13.6. The van der Waals surface area contributed by atoms with Crippen LogP contribution in [0.4, 0.5) is 11.4 Å². The van der Waals surface area contributed by atoms with E-state index in [-0.39, 0.29) is 88.9 Å². The quantitative estimate of drug-likeness (QED) is 0.00744. The zero-order valence-electron chi connectivity index (χ0n) is 78.9. The van der Waals surface area contributed by atoms with Crippen LogP contribution in [0.15, 0.2) is 186 Å².